The van der Waals surface area contributed by atoms with E-state index in [1.54, 1.807) is 0 Å². The van der Waals surface area contributed by atoms with Gasteiger partial charge in [0.2, 0.25) is 18.6 Å². The topological polar surface area (TPSA) is 95.1 Å². The van der Waals surface area contributed by atoms with Crippen LogP contribution in [0.4, 0.5) is 5.69 Å². The van der Waals surface area contributed by atoms with Gasteiger partial charge < -0.3 is 29.6 Å². The van der Waals surface area contributed by atoms with Gasteiger partial charge in [0.15, 0.2) is 11.5 Å². The number of carbonyl (C=O) groups is 2. The Kier molecular flexibility index (Phi) is 6.58. The molecule has 2 N–H and O–H groups in total. The molecule has 0 atom stereocenters. The van der Waals surface area contributed by atoms with Crippen LogP contribution in [0.5, 0.6) is 17.2 Å². The summed E-state index contributed by atoms with van der Waals surface area (Å²) < 4.78 is 22.5. The Morgan fingerprint density at radius 1 is 1.06 bits per heavy atom. The first-order chi connectivity index (χ1) is 16.6. The fourth-order valence-electron chi connectivity index (χ4n) is 4.78. The van der Waals surface area contributed by atoms with Gasteiger partial charge in [-0.15, -0.1) is 0 Å². The number of anilines is 1. The van der Waals surface area contributed by atoms with Crippen molar-refractivity contribution in [2.45, 2.75) is 43.9 Å². The van der Waals surface area contributed by atoms with Crippen LogP contribution in [0.25, 0.3) is 0 Å². The predicted octanol–water partition coefficient (Wildman–Crippen LogP) is 3.32. The number of benzene rings is 2. The first kappa shape index (κ1) is 22.5. The molecule has 0 bridgehead atoms. The number of rotatable bonds is 8. The highest BCUT2D eigenvalue weighted by molar-refractivity contribution is 5.94. The number of aryl methyl sites for hydroxylation is 1. The Hall–Kier alpha value is -3.26. The van der Waals surface area contributed by atoms with Crippen molar-refractivity contribution < 1.29 is 28.5 Å². The van der Waals surface area contributed by atoms with Crippen LogP contribution >= 0.6 is 0 Å². The molecule has 180 valence electrons. The van der Waals surface area contributed by atoms with Gasteiger partial charge in [-0.25, -0.2) is 0 Å². The summed E-state index contributed by atoms with van der Waals surface area (Å²) in [5.74, 6) is 2.35. The average Bonchev–Trinajstić information content (AvgIpc) is 3.34. The maximum Gasteiger partial charge on any atom is 0.231 e. The van der Waals surface area contributed by atoms with Crippen molar-refractivity contribution in [2.24, 2.45) is 0 Å². The molecule has 2 aromatic rings. The molecule has 0 spiro atoms. The van der Waals surface area contributed by atoms with Crippen LogP contribution in [-0.4, -0.2) is 45.0 Å². The fourth-order valence-corrected chi connectivity index (χ4v) is 4.78. The minimum atomic E-state index is -0.177. The second-order valence-corrected chi connectivity index (χ2v) is 9.06. The SMILES string of the molecule is O=C(CCCOc1ccc2c(c1)CCC(=O)N2)NCC1(c2ccc3c(c2)OCO3)CCOCC1. The number of hydrogen-bond acceptors (Lipinski definition) is 6. The Morgan fingerprint density at radius 3 is 2.79 bits per heavy atom. The largest absolute Gasteiger partial charge is 0.494 e. The molecule has 0 saturated carbocycles. The molecule has 8 nitrogen and oxygen atoms in total. The van der Waals surface area contributed by atoms with E-state index in [0.717, 1.165) is 53.3 Å². The normalized spacial score (nSPS) is 18.1. The molecule has 8 heteroatoms. The van der Waals surface area contributed by atoms with E-state index in [4.69, 9.17) is 18.9 Å². The summed E-state index contributed by atoms with van der Waals surface area (Å²) in [6.07, 6.45) is 3.92. The lowest BCUT2D eigenvalue weighted by Crippen LogP contribution is -2.44. The van der Waals surface area contributed by atoms with Crippen molar-refractivity contribution in [2.75, 3.05) is 38.5 Å². The average molecular weight is 467 g/mol. The lowest BCUT2D eigenvalue weighted by Gasteiger charge is -2.38. The third-order valence-electron chi connectivity index (χ3n) is 6.85. The van der Waals surface area contributed by atoms with Crippen LogP contribution in [0, 0.1) is 0 Å². The van der Waals surface area contributed by atoms with E-state index in [1.165, 1.54) is 0 Å². The molecule has 0 unspecified atom stereocenters. The van der Waals surface area contributed by atoms with Crippen molar-refractivity contribution in [3.63, 3.8) is 0 Å². The van der Waals surface area contributed by atoms with Gasteiger partial charge in [-0.3, -0.25) is 9.59 Å². The molecule has 34 heavy (non-hydrogen) atoms. The number of fused-ring (bicyclic) bond motifs is 2. The highest BCUT2D eigenvalue weighted by atomic mass is 16.7. The molecule has 1 fully saturated rings. The number of nitrogens with one attached hydrogen (secondary N) is 2. The van der Waals surface area contributed by atoms with E-state index in [0.29, 0.717) is 45.6 Å². The predicted molar refractivity (Wildman–Crippen MR) is 125 cm³/mol. The molecular formula is C26H30N2O6. The molecule has 0 aromatic heterocycles. The van der Waals surface area contributed by atoms with Gasteiger partial charge in [0.05, 0.1) is 6.61 Å². The minimum absolute atomic E-state index is 0.0170. The summed E-state index contributed by atoms with van der Waals surface area (Å²) in [5.41, 5.74) is 2.91. The highest BCUT2D eigenvalue weighted by Crippen LogP contribution is 2.40. The molecule has 2 amide bonds. The first-order valence-electron chi connectivity index (χ1n) is 11.9. The van der Waals surface area contributed by atoms with Crippen molar-refractivity contribution in [1.82, 2.24) is 5.32 Å². The smallest absolute Gasteiger partial charge is 0.231 e. The molecule has 3 aliphatic heterocycles. The quantitative estimate of drug-likeness (QED) is 0.580. The molecule has 0 radical (unpaired) electrons. The molecule has 5 rings (SSSR count). The third-order valence-corrected chi connectivity index (χ3v) is 6.85. The van der Waals surface area contributed by atoms with Crippen molar-refractivity contribution in [1.29, 1.82) is 0 Å². The molecule has 2 aromatic carbocycles. The van der Waals surface area contributed by atoms with Gasteiger partial charge in [0, 0.05) is 43.7 Å². The monoisotopic (exact) mass is 466 g/mol. The summed E-state index contributed by atoms with van der Waals surface area (Å²) in [4.78, 5) is 24.1. The summed E-state index contributed by atoms with van der Waals surface area (Å²) in [7, 11) is 0. The van der Waals surface area contributed by atoms with E-state index < -0.39 is 0 Å². The highest BCUT2D eigenvalue weighted by Gasteiger charge is 2.36. The van der Waals surface area contributed by atoms with Crippen LogP contribution in [-0.2, 0) is 26.2 Å². The Morgan fingerprint density at radius 2 is 1.91 bits per heavy atom. The number of carbonyl (C=O) groups excluding carboxylic acids is 2. The second-order valence-electron chi connectivity index (χ2n) is 9.06. The van der Waals surface area contributed by atoms with Crippen LogP contribution in [0.1, 0.15) is 43.2 Å². The standard InChI is InChI=1S/C26H30N2O6/c29-24(2-1-11-32-20-5-6-21-18(14-20)3-8-25(30)28-21)27-16-26(9-12-31-13-10-26)19-4-7-22-23(15-19)34-17-33-22/h4-7,14-15H,1-3,8-13,16-17H2,(H,27,29)(H,28,30). The number of amides is 2. The number of hydrogen-bond donors (Lipinski definition) is 2. The maximum atomic E-state index is 12.6. The van der Waals surface area contributed by atoms with Gasteiger partial charge in [0.1, 0.15) is 5.75 Å². The van der Waals surface area contributed by atoms with Crippen molar-refractivity contribution >= 4 is 17.5 Å². The van der Waals surface area contributed by atoms with Crippen molar-refractivity contribution in [3.8, 4) is 17.2 Å². The summed E-state index contributed by atoms with van der Waals surface area (Å²) in [6.45, 7) is 2.60. The van der Waals surface area contributed by atoms with Crippen LogP contribution in [0.2, 0.25) is 0 Å². The van der Waals surface area contributed by atoms with Gasteiger partial charge in [0.25, 0.3) is 0 Å². The molecule has 0 aliphatic carbocycles. The second kappa shape index (κ2) is 9.93. The van der Waals surface area contributed by atoms with Crippen LogP contribution in [0.3, 0.4) is 0 Å². The molecular weight excluding hydrogens is 436 g/mol. The van der Waals surface area contributed by atoms with Gasteiger partial charge in [-0.2, -0.15) is 0 Å². The molecule has 1 saturated heterocycles. The van der Waals surface area contributed by atoms with Crippen LogP contribution in [0.15, 0.2) is 36.4 Å². The van der Waals surface area contributed by atoms with Gasteiger partial charge >= 0.3 is 0 Å². The zero-order chi connectivity index (χ0) is 23.4. The molecule has 3 heterocycles. The number of ether oxygens (including phenoxy) is 4. The van der Waals surface area contributed by atoms with E-state index in [-0.39, 0.29) is 24.0 Å². The van der Waals surface area contributed by atoms with Crippen LogP contribution < -0.4 is 24.8 Å². The fraction of sp³-hybridized carbons (Fsp3) is 0.462. The Labute approximate surface area is 198 Å². The van der Waals surface area contributed by atoms with E-state index >= 15 is 0 Å². The third kappa shape index (κ3) is 4.97. The summed E-state index contributed by atoms with van der Waals surface area (Å²) in [5, 5.41) is 6.01. The molecule has 3 aliphatic rings. The van der Waals surface area contributed by atoms with E-state index in [2.05, 4.69) is 16.7 Å². The lowest BCUT2D eigenvalue weighted by atomic mass is 9.74. The van der Waals surface area contributed by atoms with Crippen molar-refractivity contribution in [3.05, 3.63) is 47.5 Å². The van der Waals surface area contributed by atoms with Gasteiger partial charge in [-0.05, 0) is 67.1 Å². The Bertz CT molecular complexity index is 1060. The van der Waals surface area contributed by atoms with E-state index in [1.807, 2.05) is 30.3 Å². The lowest BCUT2D eigenvalue weighted by molar-refractivity contribution is -0.121. The first-order valence-corrected chi connectivity index (χ1v) is 11.9. The minimum Gasteiger partial charge on any atom is -0.494 e. The zero-order valence-electron chi connectivity index (χ0n) is 19.2. The zero-order valence-corrected chi connectivity index (χ0v) is 19.2. The summed E-state index contributed by atoms with van der Waals surface area (Å²) >= 11 is 0. The Balaban J connectivity index is 1.11. The maximum absolute atomic E-state index is 12.6. The van der Waals surface area contributed by atoms with Gasteiger partial charge in [-0.1, -0.05) is 6.07 Å². The van der Waals surface area contributed by atoms with E-state index in [9.17, 15) is 9.59 Å². The summed E-state index contributed by atoms with van der Waals surface area (Å²) in [6, 6.07) is 11.8.